The van der Waals surface area contributed by atoms with E-state index in [1.54, 1.807) is 12.1 Å². The van der Waals surface area contributed by atoms with E-state index < -0.39 is 40.9 Å². The number of nitrogens with one attached hydrogen (secondary N) is 1. The first-order valence-corrected chi connectivity index (χ1v) is 13.4. The Kier molecular flexibility index (Phi) is 8.45. The van der Waals surface area contributed by atoms with Crippen LogP contribution in [0.4, 0.5) is 26.3 Å². The van der Waals surface area contributed by atoms with Crippen LogP contribution in [0.3, 0.4) is 0 Å². The number of nitrogens with zero attached hydrogens (tertiary/aromatic N) is 3. The van der Waals surface area contributed by atoms with E-state index in [0.29, 0.717) is 22.4 Å². The van der Waals surface area contributed by atoms with Gasteiger partial charge in [0.2, 0.25) is 0 Å². The van der Waals surface area contributed by atoms with Crippen molar-refractivity contribution in [2.75, 3.05) is 19.7 Å². The van der Waals surface area contributed by atoms with Crippen LogP contribution in [0.1, 0.15) is 52.0 Å². The molecule has 13 heteroatoms. The summed E-state index contributed by atoms with van der Waals surface area (Å²) in [6, 6.07) is 14.7. The van der Waals surface area contributed by atoms with Crippen molar-refractivity contribution in [2.45, 2.75) is 38.2 Å². The molecule has 1 saturated heterocycles. The fourth-order valence-corrected chi connectivity index (χ4v) is 4.94. The predicted octanol–water partition coefficient (Wildman–Crippen LogP) is 6.80. The average Bonchev–Trinajstić information content (AvgIpc) is 3.67. The second kappa shape index (κ2) is 12.1. The third kappa shape index (κ3) is 6.51. The number of rotatable bonds is 8. The summed E-state index contributed by atoms with van der Waals surface area (Å²) in [7, 11) is 0. The molecule has 0 saturated carbocycles. The largest absolute Gasteiger partial charge is 0.488 e. The van der Waals surface area contributed by atoms with Gasteiger partial charge in [0, 0.05) is 12.1 Å². The number of ether oxygens (including phenoxy) is 2. The number of benzene rings is 2. The molecule has 1 fully saturated rings. The van der Waals surface area contributed by atoms with Crippen molar-refractivity contribution < 1.29 is 40.6 Å². The van der Waals surface area contributed by atoms with E-state index in [1.165, 1.54) is 31.2 Å². The number of alkyl halides is 6. The molecule has 4 aromatic rings. The molecule has 0 unspecified atom stereocenters. The van der Waals surface area contributed by atoms with Gasteiger partial charge in [-0.15, -0.1) is 0 Å². The summed E-state index contributed by atoms with van der Waals surface area (Å²) >= 11 is 0. The number of carbonyl (C=O) groups is 1. The molecule has 226 valence electrons. The smallest absolute Gasteiger partial charge is 0.434 e. The fraction of sp³-hybridized carbons (Fsp3) is 0.300. The van der Waals surface area contributed by atoms with Crippen molar-refractivity contribution in [1.82, 2.24) is 20.1 Å². The Morgan fingerprint density at radius 1 is 1.00 bits per heavy atom. The van der Waals surface area contributed by atoms with Gasteiger partial charge in [0.05, 0.1) is 24.1 Å². The highest BCUT2D eigenvalue weighted by molar-refractivity contribution is 5.90. The van der Waals surface area contributed by atoms with Crippen molar-refractivity contribution in [3.05, 3.63) is 94.8 Å². The lowest BCUT2D eigenvalue weighted by molar-refractivity contribution is -0.143. The highest BCUT2D eigenvalue weighted by Gasteiger charge is 2.41. The standard InChI is InChI=1S/C30H26F6N4O3/c1-2-42-28(41)22-16-38-40(27(22)30(34,35)36)25-8-4-7-24(39-25)21-5-3-6-23(29(31,32)33)26(21)43-17-18-9-11-19(12-10-18)20-13-14-37-15-20/h3-12,16,20,37H,2,13-15,17H2,1H3/t20-/m0/s1. The average molecular weight is 605 g/mol. The maximum atomic E-state index is 14.1. The normalized spacial score (nSPS) is 15.5. The Hall–Kier alpha value is -4.39. The van der Waals surface area contributed by atoms with Crippen LogP contribution in [0.2, 0.25) is 0 Å². The van der Waals surface area contributed by atoms with Crippen LogP contribution < -0.4 is 10.1 Å². The quantitative estimate of drug-likeness (QED) is 0.176. The van der Waals surface area contributed by atoms with Crippen molar-refractivity contribution >= 4 is 5.97 Å². The summed E-state index contributed by atoms with van der Waals surface area (Å²) in [6.45, 7) is 2.88. The summed E-state index contributed by atoms with van der Waals surface area (Å²) in [5, 5.41) is 6.99. The fourth-order valence-electron chi connectivity index (χ4n) is 4.94. The lowest BCUT2D eigenvalue weighted by Gasteiger charge is -2.18. The van der Waals surface area contributed by atoms with E-state index in [9.17, 15) is 31.1 Å². The van der Waals surface area contributed by atoms with Crippen LogP contribution in [0.15, 0.2) is 66.9 Å². The van der Waals surface area contributed by atoms with Crippen LogP contribution in [0, 0.1) is 0 Å². The Balaban J connectivity index is 1.51. The van der Waals surface area contributed by atoms with Crippen LogP contribution in [0.25, 0.3) is 17.1 Å². The lowest BCUT2D eigenvalue weighted by Crippen LogP contribution is -2.19. The molecule has 2 aromatic carbocycles. The molecule has 1 atom stereocenters. The molecule has 1 N–H and O–H groups in total. The topological polar surface area (TPSA) is 78.3 Å². The zero-order valence-corrected chi connectivity index (χ0v) is 22.8. The highest BCUT2D eigenvalue weighted by atomic mass is 19.4. The number of halogens is 6. The number of hydrogen-bond donors (Lipinski definition) is 1. The first kappa shape index (κ1) is 30.1. The Morgan fingerprint density at radius 2 is 1.74 bits per heavy atom. The zero-order valence-electron chi connectivity index (χ0n) is 22.8. The summed E-state index contributed by atoms with van der Waals surface area (Å²) in [5.41, 5.74) is -1.73. The molecule has 3 heterocycles. The first-order chi connectivity index (χ1) is 20.5. The van der Waals surface area contributed by atoms with Crippen molar-refractivity contribution in [1.29, 1.82) is 0 Å². The number of hydrogen-bond acceptors (Lipinski definition) is 6. The number of esters is 1. The van der Waals surface area contributed by atoms with Crippen molar-refractivity contribution in [3.8, 4) is 22.8 Å². The molecule has 0 bridgehead atoms. The third-order valence-corrected chi connectivity index (χ3v) is 6.98. The van der Waals surface area contributed by atoms with E-state index in [4.69, 9.17) is 9.47 Å². The number of para-hydroxylation sites is 1. The Bertz CT molecular complexity index is 1590. The summed E-state index contributed by atoms with van der Waals surface area (Å²) in [6.07, 6.45) is -8.10. The number of carbonyl (C=O) groups excluding carboxylic acids is 1. The molecule has 5 rings (SSSR count). The van der Waals surface area contributed by atoms with Crippen LogP contribution >= 0.6 is 0 Å². The molecule has 0 spiro atoms. The molecule has 1 aliphatic heterocycles. The van der Waals surface area contributed by atoms with Crippen molar-refractivity contribution in [2.24, 2.45) is 0 Å². The van der Waals surface area contributed by atoms with Crippen LogP contribution in [0.5, 0.6) is 5.75 Å². The van der Waals surface area contributed by atoms with Gasteiger partial charge in [0.25, 0.3) is 0 Å². The lowest BCUT2D eigenvalue weighted by atomic mass is 9.97. The van der Waals surface area contributed by atoms with Gasteiger partial charge in [-0.2, -0.15) is 31.4 Å². The third-order valence-electron chi connectivity index (χ3n) is 6.98. The minimum absolute atomic E-state index is 0.0864. The first-order valence-electron chi connectivity index (χ1n) is 13.4. The molecule has 1 aliphatic rings. The summed E-state index contributed by atoms with van der Waals surface area (Å²) in [4.78, 5) is 16.4. The van der Waals surface area contributed by atoms with Gasteiger partial charge in [0.15, 0.2) is 11.5 Å². The highest BCUT2D eigenvalue weighted by Crippen LogP contribution is 2.42. The monoisotopic (exact) mass is 604 g/mol. The van der Waals surface area contributed by atoms with Gasteiger partial charge in [-0.25, -0.2) is 14.5 Å². The molecule has 2 aromatic heterocycles. The molecule has 43 heavy (non-hydrogen) atoms. The van der Waals surface area contributed by atoms with Crippen molar-refractivity contribution in [3.63, 3.8) is 0 Å². The van der Waals surface area contributed by atoms with E-state index in [2.05, 4.69) is 15.4 Å². The summed E-state index contributed by atoms with van der Waals surface area (Å²) < 4.78 is 95.2. The SMILES string of the molecule is CCOC(=O)c1cnn(-c2cccc(-c3cccc(C(F)(F)F)c3OCc3ccc([C@H]4CCNC4)cc3)n2)c1C(F)(F)F. The minimum Gasteiger partial charge on any atom is -0.488 e. The van der Waals surface area contributed by atoms with E-state index in [0.717, 1.165) is 37.2 Å². The summed E-state index contributed by atoms with van der Waals surface area (Å²) in [5.74, 6) is -1.75. The maximum absolute atomic E-state index is 14.1. The minimum atomic E-state index is -5.02. The second-order valence-electron chi connectivity index (χ2n) is 9.82. The Morgan fingerprint density at radius 3 is 2.40 bits per heavy atom. The zero-order chi connectivity index (χ0) is 30.8. The molecule has 0 amide bonds. The van der Waals surface area contributed by atoms with E-state index in [1.807, 2.05) is 12.1 Å². The number of pyridine rings is 1. The van der Waals surface area contributed by atoms with Gasteiger partial charge in [-0.1, -0.05) is 36.4 Å². The van der Waals surface area contributed by atoms with Gasteiger partial charge < -0.3 is 14.8 Å². The Labute approximate surface area is 242 Å². The molecular weight excluding hydrogens is 578 g/mol. The predicted molar refractivity (Wildman–Crippen MR) is 144 cm³/mol. The van der Waals surface area contributed by atoms with Gasteiger partial charge >= 0.3 is 18.3 Å². The maximum Gasteiger partial charge on any atom is 0.434 e. The molecular formula is C30H26F6N4O3. The molecule has 7 nitrogen and oxygen atoms in total. The molecule has 0 aliphatic carbocycles. The van der Waals surface area contributed by atoms with Gasteiger partial charge in [-0.05, 0) is 61.2 Å². The second-order valence-corrected chi connectivity index (χ2v) is 9.82. The van der Waals surface area contributed by atoms with E-state index in [-0.39, 0.29) is 30.3 Å². The van der Waals surface area contributed by atoms with Gasteiger partial charge in [0.1, 0.15) is 17.9 Å². The van der Waals surface area contributed by atoms with Crippen LogP contribution in [-0.2, 0) is 23.7 Å². The number of aromatic nitrogens is 3. The van der Waals surface area contributed by atoms with E-state index >= 15 is 0 Å². The van der Waals surface area contributed by atoms with Gasteiger partial charge in [-0.3, -0.25) is 0 Å². The van der Waals surface area contributed by atoms with Crippen LogP contribution in [-0.4, -0.2) is 40.4 Å². The molecule has 0 radical (unpaired) electrons.